The van der Waals surface area contributed by atoms with Gasteiger partial charge in [-0.1, -0.05) is 62.4 Å². The number of fused-ring (bicyclic) bond motifs is 1. The van der Waals surface area contributed by atoms with Crippen LogP contribution in [0.3, 0.4) is 0 Å². The summed E-state index contributed by atoms with van der Waals surface area (Å²) in [5.41, 5.74) is 4.96. The van der Waals surface area contributed by atoms with Gasteiger partial charge >= 0.3 is 0 Å². The van der Waals surface area contributed by atoms with Gasteiger partial charge in [-0.05, 0) is 66.8 Å². The zero-order valence-electron chi connectivity index (χ0n) is 19.1. The largest absolute Gasteiger partial charge is 0.371 e. The molecule has 3 aromatic carbocycles. The number of anilines is 2. The first-order chi connectivity index (χ1) is 16.2. The normalized spacial score (nSPS) is 14.9. The second-order valence-corrected chi connectivity index (χ2v) is 9.25. The number of unbranched alkanes of at least 4 members (excludes halogenated alkanes) is 1. The second kappa shape index (κ2) is 11.1. The minimum atomic E-state index is -0.0807. The van der Waals surface area contributed by atoms with Crippen molar-refractivity contribution in [3.05, 3.63) is 102 Å². The summed E-state index contributed by atoms with van der Waals surface area (Å²) in [5, 5.41) is 3.16. The summed E-state index contributed by atoms with van der Waals surface area (Å²) in [6, 6.07) is 25.9. The van der Waals surface area contributed by atoms with Crippen LogP contribution in [0.25, 0.3) is 0 Å². The summed E-state index contributed by atoms with van der Waals surface area (Å²) in [6.07, 6.45) is 3.11. The first-order valence-electron chi connectivity index (χ1n) is 11.6. The summed E-state index contributed by atoms with van der Waals surface area (Å²) in [7, 11) is 0. The van der Waals surface area contributed by atoms with Crippen molar-refractivity contribution in [3.63, 3.8) is 0 Å². The second-order valence-electron chi connectivity index (χ2n) is 8.37. The Balaban J connectivity index is 1.55. The lowest BCUT2D eigenvalue weighted by Crippen LogP contribution is -2.38. The van der Waals surface area contributed by atoms with Gasteiger partial charge < -0.3 is 14.9 Å². The Morgan fingerprint density at radius 2 is 1.76 bits per heavy atom. The molecule has 170 valence electrons. The van der Waals surface area contributed by atoms with Gasteiger partial charge in [0.1, 0.15) is 0 Å². The Labute approximate surface area is 201 Å². The van der Waals surface area contributed by atoms with Crippen LogP contribution in [-0.2, 0) is 6.42 Å². The number of carbonyl (C=O) groups is 1. The molecule has 4 rings (SSSR count). The molecule has 0 spiro atoms. The minimum absolute atomic E-state index is 0.0807. The fourth-order valence-electron chi connectivity index (χ4n) is 4.15. The highest BCUT2D eigenvalue weighted by molar-refractivity contribution is 7.97. The maximum absolute atomic E-state index is 12.9. The van der Waals surface area contributed by atoms with Gasteiger partial charge in [0.2, 0.25) is 0 Å². The van der Waals surface area contributed by atoms with E-state index in [9.17, 15) is 4.79 Å². The highest BCUT2D eigenvalue weighted by Crippen LogP contribution is 2.37. The maximum atomic E-state index is 12.9. The van der Waals surface area contributed by atoms with Gasteiger partial charge in [-0.15, -0.1) is 0 Å². The topological polar surface area (TPSA) is 44.4 Å². The van der Waals surface area contributed by atoms with E-state index >= 15 is 0 Å². The molecule has 0 aromatic heterocycles. The smallest absolute Gasteiger partial charge is 0.255 e. The summed E-state index contributed by atoms with van der Waals surface area (Å²) >= 11 is 1.60. The fourth-order valence-corrected chi connectivity index (χ4v) is 4.86. The third-order valence-corrected chi connectivity index (χ3v) is 6.86. The molecule has 0 fully saturated rings. The number of nitrogens with zero attached hydrogens (tertiary/aromatic N) is 1. The van der Waals surface area contributed by atoms with Gasteiger partial charge in [0, 0.05) is 46.5 Å². The molecule has 2 N–H and O–H groups in total. The van der Waals surface area contributed by atoms with E-state index in [1.54, 1.807) is 11.9 Å². The maximum Gasteiger partial charge on any atom is 0.255 e. The molecule has 0 aliphatic carbocycles. The number of nitrogens with one attached hydrogen (secondary N) is 2. The average molecular weight is 458 g/mol. The molecule has 0 saturated carbocycles. The van der Waals surface area contributed by atoms with Crippen molar-refractivity contribution >= 4 is 29.2 Å². The zero-order valence-corrected chi connectivity index (χ0v) is 19.9. The van der Waals surface area contributed by atoms with E-state index in [1.807, 2.05) is 60.7 Å². The molecule has 1 aliphatic rings. The summed E-state index contributed by atoms with van der Waals surface area (Å²) < 4.78 is 3.47. The van der Waals surface area contributed by atoms with Crippen LogP contribution in [0.1, 0.15) is 35.7 Å². The van der Waals surface area contributed by atoms with Crippen molar-refractivity contribution in [1.82, 2.24) is 4.72 Å². The molecular formula is C28H31N3OS. The monoisotopic (exact) mass is 457 g/mol. The Morgan fingerprint density at radius 3 is 2.48 bits per heavy atom. The van der Waals surface area contributed by atoms with E-state index < -0.39 is 0 Å². The number of benzene rings is 3. The van der Waals surface area contributed by atoms with E-state index in [1.165, 1.54) is 11.3 Å². The molecule has 1 aliphatic heterocycles. The number of carbonyl (C=O) groups excluding carboxylic acids is 1. The molecule has 1 amide bonds. The van der Waals surface area contributed by atoms with Crippen molar-refractivity contribution in [2.75, 3.05) is 23.3 Å². The average Bonchev–Trinajstić information content (AvgIpc) is 2.87. The lowest BCUT2D eigenvalue weighted by molar-refractivity contribution is 0.102. The van der Waals surface area contributed by atoms with Gasteiger partial charge in [0.25, 0.3) is 5.91 Å². The van der Waals surface area contributed by atoms with Crippen LogP contribution in [0.2, 0.25) is 0 Å². The minimum Gasteiger partial charge on any atom is -0.371 e. The SMILES string of the molecule is C=C(NSc1ccccc1)C1Cc2c(NC(=O)c3ccccc3)cccc2N(CCCC)C1. The molecule has 1 heterocycles. The van der Waals surface area contributed by atoms with Crippen molar-refractivity contribution in [2.24, 2.45) is 5.92 Å². The summed E-state index contributed by atoms with van der Waals surface area (Å²) in [6.45, 7) is 8.51. The highest BCUT2D eigenvalue weighted by Gasteiger charge is 2.28. The predicted molar refractivity (Wildman–Crippen MR) is 140 cm³/mol. The molecule has 5 heteroatoms. The molecule has 4 nitrogen and oxygen atoms in total. The van der Waals surface area contributed by atoms with E-state index in [4.69, 9.17) is 0 Å². The van der Waals surface area contributed by atoms with Crippen LogP contribution in [0.4, 0.5) is 11.4 Å². The van der Waals surface area contributed by atoms with Crippen LogP contribution in [0.5, 0.6) is 0 Å². The van der Waals surface area contributed by atoms with Crippen LogP contribution >= 0.6 is 11.9 Å². The van der Waals surface area contributed by atoms with Crippen molar-refractivity contribution in [2.45, 2.75) is 31.1 Å². The Bertz CT molecular complexity index is 1080. The van der Waals surface area contributed by atoms with Crippen molar-refractivity contribution in [1.29, 1.82) is 0 Å². The third kappa shape index (κ3) is 5.79. The van der Waals surface area contributed by atoms with E-state index in [0.29, 0.717) is 5.56 Å². The molecule has 0 saturated heterocycles. The third-order valence-electron chi connectivity index (χ3n) is 5.99. The molecule has 33 heavy (non-hydrogen) atoms. The zero-order chi connectivity index (χ0) is 23.0. The lowest BCUT2D eigenvalue weighted by atomic mass is 9.89. The quantitative estimate of drug-likeness (QED) is 0.359. The molecule has 3 aromatic rings. The van der Waals surface area contributed by atoms with Crippen LogP contribution in [-0.4, -0.2) is 19.0 Å². The number of rotatable bonds is 9. The van der Waals surface area contributed by atoms with E-state index in [2.05, 4.69) is 46.6 Å². The number of hydrogen-bond donors (Lipinski definition) is 2. The van der Waals surface area contributed by atoms with Gasteiger partial charge in [-0.2, -0.15) is 0 Å². The highest BCUT2D eigenvalue weighted by atomic mass is 32.2. The van der Waals surface area contributed by atoms with Gasteiger partial charge in [-0.25, -0.2) is 0 Å². The molecular weight excluding hydrogens is 426 g/mol. The van der Waals surface area contributed by atoms with Crippen LogP contribution < -0.4 is 14.9 Å². The van der Waals surface area contributed by atoms with Crippen LogP contribution in [0, 0.1) is 5.92 Å². The Hall–Kier alpha value is -3.18. The lowest BCUT2D eigenvalue weighted by Gasteiger charge is -2.38. The molecule has 1 unspecified atom stereocenters. The first kappa shape index (κ1) is 23.0. The molecule has 1 atom stereocenters. The first-order valence-corrected chi connectivity index (χ1v) is 12.4. The van der Waals surface area contributed by atoms with Crippen molar-refractivity contribution < 1.29 is 4.79 Å². The van der Waals surface area contributed by atoms with Gasteiger partial charge in [0.15, 0.2) is 0 Å². The molecule has 0 bridgehead atoms. The molecule has 0 radical (unpaired) electrons. The van der Waals surface area contributed by atoms with Gasteiger partial charge in [0.05, 0.1) is 0 Å². The number of hydrogen-bond acceptors (Lipinski definition) is 4. The Kier molecular flexibility index (Phi) is 7.74. The van der Waals surface area contributed by atoms with E-state index in [0.717, 1.165) is 48.6 Å². The fraction of sp³-hybridized carbons (Fsp3) is 0.250. The summed E-state index contributed by atoms with van der Waals surface area (Å²) in [5.74, 6) is 0.170. The van der Waals surface area contributed by atoms with E-state index in [-0.39, 0.29) is 11.8 Å². The summed E-state index contributed by atoms with van der Waals surface area (Å²) in [4.78, 5) is 16.5. The Morgan fingerprint density at radius 1 is 1.03 bits per heavy atom. The number of amides is 1. The standard InChI is InChI=1S/C28H31N3OS/c1-3-4-18-31-20-23(21(2)30-33-24-14-9-6-10-15-24)19-25-26(16-11-17-27(25)31)29-28(32)22-12-7-5-8-13-22/h5-17,23,30H,2-4,18-20H2,1H3,(H,29,32). The van der Waals surface area contributed by atoms with Crippen molar-refractivity contribution in [3.8, 4) is 0 Å². The predicted octanol–water partition coefficient (Wildman–Crippen LogP) is 6.53. The van der Waals surface area contributed by atoms with Gasteiger partial charge in [-0.3, -0.25) is 4.79 Å². The van der Waals surface area contributed by atoms with Crippen LogP contribution in [0.15, 0.2) is 96.0 Å².